The van der Waals surface area contributed by atoms with E-state index in [4.69, 9.17) is 4.74 Å². The zero-order valence-electron chi connectivity index (χ0n) is 11.9. The van der Waals surface area contributed by atoms with E-state index in [1.54, 1.807) is 49.4 Å². The molecule has 21 heavy (non-hydrogen) atoms. The number of ketones is 1. The van der Waals surface area contributed by atoms with E-state index in [0.29, 0.717) is 17.7 Å². The van der Waals surface area contributed by atoms with E-state index >= 15 is 0 Å². The number of aromatic carboxylic acids is 1. The maximum atomic E-state index is 11.5. The first-order valence-electron chi connectivity index (χ1n) is 6.66. The van der Waals surface area contributed by atoms with Gasteiger partial charge in [0.25, 0.3) is 0 Å². The van der Waals surface area contributed by atoms with E-state index in [1.165, 1.54) is 0 Å². The number of hydrogen-bond donors (Lipinski definition) is 1. The summed E-state index contributed by atoms with van der Waals surface area (Å²) in [5, 5.41) is 9.19. The highest BCUT2D eigenvalue weighted by Crippen LogP contribution is 2.26. The molecular formula is C17H16O4. The molecule has 4 nitrogen and oxygen atoms in total. The van der Waals surface area contributed by atoms with Crippen LogP contribution in [-0.4, -0.2) is 16.9 Å². The van der Waals surface area contributed by atoms with Gasteiger partial charge >= 0.3 is 5.97 Å². The number of aryl methyl sites for hydroxylation is 1. The van der Waals surface area contributed by atoms with Crippen molar-refractivity contribution >= 4 is 11.8 Å². The topological polar surface area (TPSA) is 63.6 Å². The molecule has 0 heterocycles. The van der Waals surface area contributed by atoms with Crippen LogP contribution in [0.3, 0.4) is 0 Å². The molecule has 0 unspecified atom stereocenters. The van der Waals surface area contributed by atoms with Gasteiger partial charge in [-0.2, -0.15) is 0 Å². The Balaban J connectivity index is 2.26. The Labute approximate surface area is 123 Å². The molecule has 0 saturated carbocycles. The molecule has 0 bridgehead atoms. The minimum absolute atomic E-state index is 0.0584. The number of carboxylic acid groups (broad SMARTS) is 1. The van der Waals surface area contributed by atoms with Crippen molar-refractivity contribution in [3.05, 3.63) is 59.2 Å². The van der Waals surface area contributed by atoms with Crippen molar-refractivity contribution in [1.29, 1.82) is 0 Å². The highest BCUT2D eigenvalue weighted by atomic mass is 16.5. The van der Waals surface area contributed by atoms with E-state index in [0.717, 1.165) is 5.56 Å². The summed E-state index contributed by atoms with van der Waals surface area (Å²) in [6, 6.07) is 11.7. The Morgan fingerprint density at radius 1 is 1.10 bits per heavy atom. The second kappa shape index (κ2) is 6.22. The van der Waals surface area contributed by atoms with Crippen molar-refractivity contribution in [2.75, 3.05) is 0 Å². The van der Waals surface area contributed by atoms with Gasteiger partial charge < -0.3 is 9.84 Å². The fraction of sp³-hybridized carbons (Fsp3) is 0.176. The molecule has 2 aromatic rings. The third-order valence-corrected chi connectivity index (χ3v) is 3.09. The van der Waals surface area contributed by atoms with Gasteiger partial charge in [0.15, 0.2) is 5.78 Å². The largest absolute Gasteiger partial charge is 0.478 e. The van der Waals surface area contributed by atoms with E-state index in [9.17, 15) is 14.7 Å². The number of benzene rings is 2. The summed E-state index contributed by atoms with van der Waals surface area (Å²) in [7, 11) is 0. The zero-order valence-corrected chi connectivity index (χ0v) is 11.9. The van der Waals surface area contributed by atoms with Crippen LogP contribution in [0.5, 0.6) is 11.5 Å². The van der Waals surface area contributed by atoms with Crippen LogP contribution in [0.4, 0.5) is 0 Å². The number of rotatable bonds is 5. The molecule has 0 aliphatic heterocycles. The third kappa shape index (κ3) is 3.48. The van der Waals surface area contributed by atoms with Crippen LogP contribution < -0.4 is 4.74 Å². The highest BCUT2D eigenvalue weighted by molar-refractivity contribution is 5.96. The van der Waals surface area contributed by atoms with Crippen molar-refractivity contribution in [2.45, 2.75) is 20.3 Å². The van der Waals surface area contributed by atoms with Crippen LogP contribution in [0.15, 0.2) is 42.5 Å². The molecule has 0 aromatic heterocycles. The number of hydrogen-bond acceptors (Lipinski definition) is 3. The van der Waals surface area contributed by atoms with Crippen LogP contribution >= 0.6 is 0 Å². The highest BCUT2D eigenvalue weighted by Gasteiger charge is 2.12. The van der Waals surface area contributed by atoms with E-state index in [-0.39, 0.29) is 17.1 Å². The average Bonchev–Trinajstić information content (AvgIpc) is 2.49. The maximum absolute atomic E-state index is 11.5. The lowest BCUT2D eigenvalue weighted by atomic mass is 10.1. The number of Topliss-reactive ketones (excluding diaryl/α,β-unsaturated/α-hetero) is 1. The summed E-state index contributed by atoms with van der Waals surface area (Å²) in [5.41, 5.74) is 1.58. The molecule has 2 rings (SSSR count). The average molecular weight is 284 g/mol. The minimum Gasteiger partial charge on any atom is -0.478 e. The maximum Gasteiger partial charge on any atom is 0.339 e. The number of ether oxygens (including phenoxy) is 1. The van der Waals surface area contributed by atoms with Crippen molar-refractivity contribution in [2.24, 2.45) is 0 Å². The van der Waals surface area contributed by atoms with Gasteiger partial charge in [-0.25, -0.2) is 4.79 Å². The van der Waals surface area contributed by atoms with Gasteiger partial charge in [-0.3, -0.25) is 4.79 Å². The molecule has 0 radical (unpaired) electrons. The first-order valence-corrected chi connectivity index (χ1v) is 6.66. The molecule has 0 atom stereocenters. The number of carboxylic acids is 1. The smallest absolute Gasteiger partial charge is 0.339 e. The molecule has 108 valence electrons. The Morgan fingerprint density at radius 2 is 1.76 bits per heavy atom. The fourth-order valence-electron chi connectivity index (χ4n) is 1.94. The number of carbonyl (C=O) groups is 2. The second-order valence-electron chi connectivity index (χ2n) is 4.71. The predicted molar refractivity (Wildman–Crippen MR) is 79.3 cm³/mol. The summed E-state index contributed by atoms with van der Waals surface area (Å²) >= 11 is 0. The molecule has 0 spiro atoms. The Kier molecular flexibility index (Phi) is 4.38. The molecule has 2 aromatic carbocycles. The zero-order chi connectivity index (χ0) is 15.4. The monoisotopic (exact) mass is 284 g/mol. The predicted octanol–water partition coefficient (Wildman–Crippen LogP) is 4.08. The van der Waals surface area contributed by atoms with Crippen LogP contribution in [0, 0.1) is 6.92 Å². The lowest BCUT2D eigenvalue weighted by molar-refractivity contribution is 0.0694. The lowest BCUT2D eigenvalue weighted by Gasteiger charge is -2.10. The Morgan fingerprint density at radius 3 is 2.33 bits per heavy atom. The van der Waals surface area contributed by atoms with Gasteiger partial charge in [-0.05, 0) is 43.3 Å². The molecular weight excluding hydrogens is 268 g/mol. The van der Waals surface area contributed by atoms with Gasteiger partial charge in [-0.1, -0.05) is 18.6 Å². The molecule has 0 fully saturated rings. The van der Waals surface area contributed by atoms with E-state index < -0.39 is 5.97 Å². The molecule has 0 aliphatic rings. The summed E-state index contributed by atoms with van der Waals surface area (Å²) in [6.07, 6.45) is 0.446. The standard InChI is InChI=1S/C17H16O4/c1-3-15(18)12-5-7-13(8-6-12)21-16-9-4-11(2)10-14(16)17(19)20/h4-10H,3H2,1-2H3,(H,19,20). The van der Waals surface area contributed by atoms with Crippen molar-refractivity contribution < 1.29 is 19.4 Å². The number of carbonyl (C=O) groups excluding carboxylic acids is 1. The summed E-state index contributed by atoms with van der Waals surface area (Å²) in [6.45, 7) is 3.62. The first kappa shape index (κ1) is 14.8. The minimum atomic E-state index is -1.04. The van der Waals surface area contributed by atoms with Crippen molar-refractivity contribution in [3.8, 4) is 11.5 Å². The Hall–Kier alpha value is -2.62. The molecule has 0 aliphatic carbocycles. The summed E-state index contributed by atoms with van der Waals surface area (Å²) < 4.78 is 5.60. The van der Waals surface area contributed by atoms with E-state index in [2.05, 4.69) is 0 Å². The van der Waals surface area contributed by atoms with Crippen LogP contribution in [0.2, 0.25) is 0 Å². The molecule has 4 heteroatoms. The summed E-state index contributed by atoms with van der Waals surface area (Å²) in [4.78, 5) is 22.8. The van der Waals surface area contributed by atoms with Crippen LogP contribution in [0.25, 0.3) is 0 Å². The van der Waals surface area contributed by atoms with Gasteiger partial charge in [0, 0.05) is 12.0 Å². The SMILES string of the molecule is CCC(=O)c1ccc(Oc2ccc(C)cc2C(=O)O)cc1. The van der Waals surface area contributed by atoms with Crippen molar-refractivity contribution in [3.63, 3.8) is 0 Å². The van der Waals surface area contributed by atoms with Gasteiger partial charge in [0.05, 0.1) is 0 Å². The van der Waals surface area contributed by atoms with E-state index in [1.807, 2.05) is 6.92 Å². The van der Waals surface area contributed by atoms with Gasteiger partial charge in [0.2, 0.25) is 0 Å². The summed E-state index contributed by atoms with van der Waals surface area (Å²) in [5.74, 6) is -0.203. The van der Waals surface area contributed by atoms with Gasteiger partial charge in [-0.15, -0.1) is 0 Å². The molecule has 0 amide bonds. The first-order chi connectivity index (χ1) is 10.0. The third-order valence-electron chi connectivity index (χ3n) is 3.09. The lowest BCUT2D eigenvalue weighted by Crippen LogP contribution is -2.01. The Bertz CT molecular complexity index is 672. The second-order valence-corrected chi connectivity index (χ2v) is 4.71. The quantitative estimate of drug-likeness (QED) is 0.840. The normalized spacial score (nSPS) is 10.2. The fourth-order valence-corrected chi connectivity index (χ4v) is 1.94. The van der Waals surface area contributed by atoms with Crippen molar-refractivity contribution in [1.82, 2.24) is 0 Å². The van der Waals surface area contributed by atoms with Crippen LogP contribution in [-0.2, 0) is 0 Å². The molecule has 1 N–H and O–H groups in total. The molecule has 0 saturated heterocycles. The van der Waals surface area contributed by atoms with Crippen LogP contribution in [0.1, 0.15) is 39.6 Å². The van der Waals surface area contributed by atoms with Gasteiger partial charge in [0.1, 0.15) is 17.1 Å².